The first-order valence-electron chi connectivity index (χ1n) is 8.54. The van der Waals surface area contributed by atoms with Crippen LogP contribution in [0, 0.1) is 11.8 Å². The number of carboxylic acid groups (broad SMARTS) is 1. The zero-order valence-electron chi connectivity index (χ0n) is 13.7. The highest BCUT2D eigenvalue weighted by Gasteiger charge is 2.27. The van der Waals surface area contributed by atoms with E-state index in [9.17, 15) is 9.90 Å². The van der Waals surface area contributed by atoms with E-state index in [1.165, 1.54) is 19.4 Å². The molecule has 0 aromatic carbocycles. The second kappa shape index (κ2) is 6.41. The highest BCUT2D eigenvalue weighted by Crippen LogP contribution is 2.24. The minimum Gasteiger partial charge on any atom is -0.481 e. The Morgan fingerprint density at radius 1 is 1.41 bits per heavy atom. The number of fused-ring (bicyclic) bond motifs is 1. The number of aryl methyl sites for hydroxylation is 1. The molecule has 1 aromatic rings. The maximum absolute atomic E-state index is 11.1. The quantitative estimate of drug-likeness (QED) is 0.926. The number of carbonyl (C=O) groups is 1. The first-order chi connectivity index (χ1) is 10.5. The average molecular weight is 305 g/mol. The van der Waals surface area contributed by atoms with Crippen LogP contribution >= 0.6 is 0 Å². The van der Waals surface area contributed by atoms with Gasteiger partial charge in [0.1, 0.15) is 5.82 Å². The Kier molecular flexibility index (Phi) is 4.52. The molecule has 0 saturated carbocycles. The Bertz CT molecular complexity index is 538. The molecule has 2 aliphatic heterocycles. The molecule has 122 valence electrons. The van der Waals surface area contributed by atoms with Crippen molar-refractivity contribution < 1.29 is 9.90 Å². The van der Waals surface area contributed by atoms with Crippen LogP contribution < -0.4 is 0 Å². The number of hydrogen-bond donors (Lipinski definition) is 1. The molecule has 2 aliphatic rings. The Labute approximate surface area is 132 Å². The minimum atomic E-state index is -0.680. The maximum atomic E-state index is 11.1. The van der Waals surface area contributed by atoms with Crippen LogP contribution in [0.15, 0.2) is 6.20 Å². The summed E-state index contributed by atoms with van der Waals surface area (Å²) in [5, 5.41) is 9.17. The lowest BCUT2D eigenvalue weighted by molar-refractivity contribution is -0.142. The number of carboxylic acids is 1. The molecule has 22 heavy (non-hydrogen) atoms. The molecule has 5 heteroatoms. The van der Waals surface area contributed by atoms with Gasteiger partial charge in [-0.3, -0.25) is 4.79 Å². The van der Waals surface area contributed by atoms with Crippen molar-refractivity contribution in [3.63, 3.8) is 0 Å². The fraction of sp³-hybridized carbons (Fsp3) is 0.765. The van der Waals surface area contributed by atoms with Gasteiger partial charge >= 0.3 is 5.97 Å². The van der Waals surface area contributed by atoms with Gasteiger partial charge in [-0.15, -0.1) is 0 Å². The van der Waals surface area contributed by atoms with Crippen LogP contribution in [0.3, 0.4) is 0 Å². The van der Waals surface area contributed by atoms with Crippen LogP contribution in [0.25, 0.3) is 0 Å². The summed E-state index contributed by atoms with van der Waals surface area (Å²) in [5.41, 5.74) is 1.15. The van der Waals surface area contributed by atoms with E-state index in [2.05, 4.69) is 29.5 Å². The molecule has 1 N–H and O–H groups in total. The molecular weight excluding hydrogens is 278 g/mol. The molecule has 1 aromatic heterocycles. The minimum absolute atomic E-state index is 0.249. The Morgan fingerprint density at radius 2 is 2.23 bits per heavy atom. The second-order valence-corrected chi connectivity index (χ2v) is 7.18. The van der Waals surface area contributed by atoms with Crippen LogP contribution in [0.5, 0.6) is 0 Å². The van der Waals surface area contributed by atoms with Gasteiger partial charge in [-0.1, -0.05) is 0 Å². The normalized spacial score (nSPS) is 26.1. The highest BCUT2D eigenvalue weighted by molar-refractivity contribution is 5.70. The summed E-state index contributed by atoms with van der Waals surface area (Å²) < 4.78 is 2.07. The van der Waals surface area contributed by atoms with E-state index < -0.39 is 5.97 Å². The monoisotopic (exact) mass is 305 g/mol. The molecule has 3 rings (SSSR count). The predicted octanol–water partition coefficient (Wildman–Crippen LogP) is 2.19. The number of piperidine rings is 1. The van der Waals surface area contributed by atoms with Crippen LogP contribution in [0.4, 0.5) is 0 Å². The molecule has 0 amide bonds. The first-order valence-corrected chi connectivity index (χ1v) is 8.54. The van der Waals surface area contributed by atoms with Crippen LogP contribution in [-0.2, 0) is 24.2 Å². The lowest BCUT2D eigenvalue weighted by Crippen LogP contribution is -2.40. The maximum Gasteiger partial charge on any atom is 0.308 e. The molecule has 0 aliphatic carbocycles. The van der Waals surface area contributed by atoms with Gasteiger partial charge in [-0.25, -0.2) is 4.98 Å². The summed E-state index contributed by atoms with van der Waals surface area (Å²) in [4.78, 5) is 18.5. The van der Waals surface area contributed by atoms with Crippen LogP contribution in [0.1, 0.15) is 44.6 Å². The third-order valence-electron chi connectivity index (χ3n) is 5.17. The number of aromatic nitrogens is 2. The van der Waals surface area contributed by atoms with Crippen molar-refractivity contribution in [2.45, 2.75) is 58.5 Å². The van der Waals surface area contributed by atoms with Gasteiger partial charge < -0.3 is 14.6 Å². The van der Waals surface area contributed by atoms with Crippen molar-refractivity contribution >= 4 is 5.97 Å². The molecule has 1 fully saturated rings. The van der Waals surface area contributed by atoms with E-state index in [-0.39, 0.29) is 5.92 Å². The van der Waals surface area contributed by atoms with Crippen LogP contribution in [-0.4, -0.2) is 44.7 Å². The van der Waals surface area contributed by atoms with Crippen molar-refractivity contribution in [3.05, 3.63) is 17.7 Å². The highest BCUT2D eigenvalue weighted by atomic mass is 16.4. The molecular formula is C17H27N3O2. The standard InChI is InChI=1S/C17H27N3O2/c1-12(2)19-7-3-4-13(9-19)8-15-11-20-10-14(17(21)22)5-6-16(20)18-15/h11-14H,3-10H2,1-2H3,(H,21,22). The van der Waals surface area contributed by atoms with E-state index in [1.807, 2.05) is 0 Å². The number of likely N-dealkylation sites (tertiary alicyclic amines) is 1. The topological polar surface area (TPSA) is 58.4 Å². The van der Waals surface area contributed by atoms with Gasteiger partial charge in [-0.05, 0) is 52.0 Å². The van der Waals surface area contributed by atoms with E-state index >= 15 is 0 Å². The molecule has 3 heterocycles. The first kappa shape index (κ1) is 15.5. The summed E-state index contributed by atoms with van der Waals surface area (Å²) in [6.07, 6.45) is 7.19. The third kappa shape index (κ3) is 3.35. The summed E-state index contributed by atoms with van der Waals surface area (Å²) in [6.45, 7) is 7.50. The Hall–Kier alpha value is -1.36. The molecule has 0 bridgehead atoms. The Morgan fingerprint density at radius 3 is 2.95 bits per heavy atom. The van der Waals surface area contributed by atoms with Gasteiger partial charge in [0.2, 0.25) is 0 Å². The molecule has 2 unspecified atom stereocenters. The number of imidazole rings is 1. The van der Waals surface area contributed by atoms with Gasteiger partial charge in [0.05, 0.1) is 11.6 Å². The largest absolute Gasteiger partial charge is 0.481 e. The third-order valence-corrected chi connectivity index (χ3v) is 5.17. The summed E-state index contributed by atoms with van der Waals surface area (Å²) in [5.74, 6) is 0.828. The number of hydrogen-bond acceptors (Lipinski definition) is 3. The lowest BCUT2D eigenvalue weighted by atomic mass is 9.93. The van der Waals surface area contributed by atoms with E-state index in [0.29, 0.717) is 18.5 Å². The smallest absolute Gasteiger partial charge is 0.308 e. The van der Waals surface area contributed by atoms with E-state index in [1.54, 1.807) is 0 Å². The van der Waals surface area contributed by atoms with Crippen LogP contribution in [0.2, 0.25) is 0 Å². The van der Waals surface area contributed by atoms with Crippen molar-refractivity contribution in [2.24, 2.45) is 11.8 Å². The fourth-order valence-electron chi connectivity index (χ4n) is 3.83. The summed E-state index contributed by atoms with van der Waals surface area (Å²) in [6, 6.07) is 0.620. The number of nitrogens with zero attached hydrogens (tertiary/aromatic N) is 3. The van der Waals surface area contributed by atoms with E-state index in [0.717, 1.165) is 37.3 Å². The average Bonchev–Trinajstić information content (AvgIpc) is 2.88. The fourth-order valence-corrected chi connectivity index (χ4v) is 3.83. The van der Waals surface area contributed by atoms with Crippen molar-refractivity contribution in [3.8, 4) is 0 Å². The zero-order valence-corrected chi connectivity index (χ0v) is 13.7. The summed E-state index contributed by atoms with van der Waals surface area (Å²) in [7, 11) is 0. The molecule has 0 spiro atoms. The van der Waals surface area contributed by atoms with Gasteiger partial charge in [-0.2, -0.15) is 0 Å². The van der Waals surface area contributed by atoms with E-state index in [4.69, 9.17) is 4.98 Å². The second-order valence-electron chi connectivity index (χ2n) is 7.18. The number of rotatable bonds is 4. The zero-order chi connectivity index (χ0) is 15.7. The molecule has 5 nitrogen and oxygen atoms in total. The predicted molar refractivity (Wildman–Crippen MR) is 84.8 cm³/mol. The SMILES string of the molecule is CC(C)N1CCCC(Cc2cn3c(n2)CCC(C(=O)O)C3)C1. The van der Waals surface area contributed by atoms with Gasteiger partial charge in [0, 0.05) is 31.7 Å². The van der Waals surface area contributed by atoms with Gasteiger partial charge in [0.25, 0.3) is 0 Å². The summed E-state index contributed by atoms with van der Waals surface area (Å²) >= 11 is 0. The van der Waals surface area contributed by atoms with Crippen molar-refractivity contribution in [1.29, 1.82) is 0 Å². The van der Waals surface area contributed by atoms with Gasteiger partial charge in [0.15, 0.2) is 0 Å². The number of aliphatic carboxylic acids is 1. The molecule has 0 radical (unpaired) electrons. The Balaban J connectivity index is 1.63. The van der Waals surface area contributed by atoms with Crippen molar-refractivity contribution in [2.75, 3.05) is 13.1 Å². The molecule has 2 atom stereocenters. The van der Waals surface area contributed by atoms with Crippen molar-refractivity contribution in [1.82, 2.24) is 14.5 Å². The molecule has 1 saturated heterocycles. The lowest BCUT2D eigenvalue weighted by Gasteiger charge is -2.35.